The number of benzene rings is 1. The van der Waals surface area contributed by atoms with Gasteiger partial charge in [-0.1, -0.05) is 25.7 Å². The molecule has 112 valence electrons. The van der Waals surface area contributed by atoms with Crippen molar-refractivity contribution in [3.8, 4) is 0 Å². The first-order valence-corrected chi connectivity index (χ1v) is 8.77. The molecule has 0 heterocycles. The van der Waals surface area contributed by atoms with E-state index in [2.05, 4.69) is 4.72 Å². The Hall–Kier alpha value is -1.07. The summed E-state index contributed by atoms with van der Waals surface area (Å²) in [4.78, 5) is 0.213. The van der Waals surface area contributed by atoms with Crippen molar-refractivity contribution in [2.45, 2.75) is 63.3 Å². The van der Waals surface area contributed by atoms with Crippen molar-refractivity contribution in [2.75, 3.05) is 5.73 Å². The summed E-state index contributed by atoms with van der Waals surface area (Å²) in [6, 6.07) is 3.45. The van der Waals surface area contributed by atoms with Crippen LogP contribution in [0, 0.1) is 13.8 Å². The molecule has 1 aromatic carbocycles. The minimum Gasteiger partial charge on any atom is -0.398 e. The lowest BCUT2D eigenvalue weighted by Crippen LogP contribution is -2.34. The number of hydrogen-bond acceptors (Lipinski definition) is 3. The van der Waals surface area contributed by atoms with Gasteiger partial charge < -0.3 is 5.73 Å². The standard InChI is InChI=1S/C15H24N2O2S/c1-11-9-14(16)15(10-12(11)2)20(18,19)17-13-7-5-3-4-6-8-13/h9-10,13,17H,3-8,16H2,1-2H3. The summed E-state index contributed by atoms with van der Waals surface area (Å²) < 4.78 is 27.8. The Labute approximate surface area is 121 Å². The molecule has 0 radical (unpaired) electrons. The normalized spacial score (nSPS) is 17.9. The van der Waals surface area contributed by atoms with Crippen LogP contribution in [0.4, 0.5) is 5.69 Å². The first-order valence-electron chi connectivity index (χ1n) is 7.29. The first-order chi connectivity index (χ1) is 9.40. The van der Waals surface area contributed by atoms with Gasteiger partial charge in [0.25, 0.3) is 0 Å². The molecule has 1 fully saturated rings. The third kappa shape index (κ3) is 3.52. The van der Waals surface area contributed by atoms with Gasteiger partial charge >= 0.3 is 0 Å². The Kier molecular flexibility index (Phi) is 4.70. The second kappa shape index (κ2) is 6.14. The third-order valence-electron chi connectivity index (χ3n) is 4.09. The van der Waals surface area contributed by atoms with E-state index in [0.717, 1.165) is 36.8 Å². The highest BCUT2D eigenvalue weighted by atomic mass is 32.2. The zero-order chi connectivity index (χ0) is 14.8. The molecule has 0 spiro atoms. The molecule has 0 aromatic heterocycles. The Morgan fingerprint density at radius 2 is 1.60 bits per heavy atom. The summed E-state index contributed by atoms with van der Waals surface area (Å²) in [6.07, 6.45) is 6.42. The molecule has 3 N–H and O–H groups in total. The van der Waals surface area contributed by atoms with Crippen LogP contribution in [0.15, 0.2) is 17.0 Å². The average molecular weight is 296 g/mol. The van der Waals surface area contributed by atoms with E-state index in [-0.39, 0.29) is 10.9 Å². The highest BCUT2D eigenvalue weighted by Crippen LogP contribution is 2.24. The molecule has 2 rings (SSSR count). The smallest absolute Gasteiger partial charge is 0.242 e. The van der Waals surface area contributed by atoms with E-state index in [0.29, 0.717) is 5.69 Å². The van der Waals surface area contributed by atoms with Crippen LogP contribution in [0.25, 0.3) is 0 Å². The zero-order valence-electron chi connectivity index (χ0n) is 12.3. The first kappa shape index (κ1) is 15.3. The molecule has 0 bridgehead atoms. The number of rotatable bonds is 3. The van der Waals surface area contributed by atoms with Crippen LogP contribution in [-0.2, 0) is 10.0 Å². The fourth-order valence-corrected chi connectivity index (χ4v) is 4.23. The van der Waals surface area contributed by atoms with Gasteiger partial charge in [0.2, 0.25) is 10.0 Å². The van der Waals surface area contributed by atoms with Crippen LogP contribution >= 0.6 is 0 Å². The van der Waals surface area contributed by atoms with Crippen molar-refractivity contribution in [1.29, 1.82) is 0 Å². The van der Waals surface area contributed by atoms with Gasteiger partial charge in [-0.2, -0.15) is 0 Å². The lowest BCUT2D eigenvalue weighted by atomic mass is 10.1. The lowest BCUT2D eigenvalue weighted by Gasteiger charge is -2.18. The van der Waals surface area contributed by atoms with Crippen molar-refractivity contribution in [1.82, 2.24) is 4.72 Å². The molecule has 20 heavy (non-hydrogen) atoms. The Morgan fingerprint density at radius 3 is 2.20 bits per heavy atom. The molecule has 4 nitrogen and oxygen atoms in total. The van der Waals surface area contributed by atoms with Gasteiger partial charge in [0.05, 0.1) is 5.69 Å². The number of sulfonamides is 1. The maximum Gasteiger partial charge on any atom is 0.242 e. The van der Waals surface area contributed by atoms with Crippen molar-refractivity contribution in [3.63, 3.8) is 0 Å². The van der Waals surface area contributed by atoms with E-state index in [1.165, 1.54) is 12.8 Å². The molecule has 1 aromatic rings. The SMILES string of the molecule is Cc1cc(N)c(S(=O)(=O)NC2CCCCCC2)cc1C. The van der Waals surface area contributed by atoms with Gasteiger partial charge in [0.1, 0.15) is 4.90 Å². The molecular formula is C15H24N2O2S. The molecule has 0 atom stereocenters. The van der Waals surface area contributed by atoms with E-state index in [4.69, 9.17) is 5.73 Å². The largest absolute Gasteiger partial charge is 0.398 e. The second-order valence-electron chi connectivity index (χ2n) is 5.78. The van der Waals surface area contributed by atoms with Crippen molar-refractivity contribution in [2.24, 2.45) is 0 Å². The number of aryl methyl sites for hydroxylation is 2. The van der Waals surface area contributed by atoms with Gasteiger partial charge in [0, 0.05) is 6.04 Å². The van der Waals surface area contributed by atoms with Crippen LogP contribution in [-0.4, -0.2) is 14.5 Å². The number of anilines is 1. The molecule has 1 saturated carbocycles. The van der Waals surface area contributed by atoms with Gasteiger partial charge in [-0.25, -0.2) is 13.1 Å². The summed E-state index contributed by atoms with van der Waals surface area (Å²) >= 11 is 0. The summed E-state index contributed by atoms with van der Waals surface area (Å²) in [5, 5.41) is 0. The Bertz CT molecular complexity index is 574. The molecule has 5 heteroatoms. The van der Waals surface area contributed by atoms with Gasteiger partial charge in [-0.15, -0.1) is 0 Å². The van der Waals surface area contributed by atoms with Crippen molar-refractivity contribution >= 4 is 15.7 Å². The molecule has 0 saturated heterocycles. The van der Waals surface area contributed by atoms with Crippen molar-refractivity contribution < 1.29 is 8.42 Å². The predicted molar refractivity (Wildman–Crippen MR) is 82.1 cm³/mol. The van der Waals surface area contributed by atoms with Crippen LogP contribution in [0.3, 0.4) is 0 Å². The number of hydrogen-bond donors (Lipinski definition) is 2. The monoisotopic (exact) mass is 296 g/mol. The number of nitrogens with one attached hydrogen (secondary N) is 1. The zero-order valence-corrected chi connectivity index (χ0v) is 13.1. The van der Waals surface area contributed by atoms with E-state index in [9.17, 15) is 8.42 Å². The molecule has 0 amide bonds. The maximum atomic E-state index is 12.5. The number of nitrogens with two attached hydrogens (primary N) is 1. The van der Waals surface area contributed by atoms with Crippen molar-refractivity contribution in [3.05, 3.63) is 23.3 Å². The Morgan fingerprint density at radius 1 is 1.05 bits per heavy atom. The third-order valence-corrected chi connectivity index (χ3v) is 5.67. The second-order valence-corrected chi connectivity index (χ2v) is 7.47. The van der Waals surface area contributed by atoms with Crippen LogP contribution in [0.5, 0.6) is 0 Å². The Balaban J connectivity index is 2.23. The number of nitrogen functional groups attached to an aromatic ring is 1. The quantitative estimate of drug-likeness (QED) is 0.665. The van der Waals surface area contributed by atoms with Gasteiger partial charge in [-0.3, -0.25) is 0 Å². The van der Waals surface area contributed by atoms with E-state index >= 15 is 0 Å². The fourth-order valence-electron chi connectivity index (χ4n) is 2.72. The fraction of sp³-hybridized carbons (Fsp3) is 0.600. The maximum absolute atomic E-state index is 12.5. The predicted octanol–water partition coefficient (Wildman–Crippen LogP) is 2.89. The van der Waals surface area contributed by atoms with Crippen LogP contribution in [0.2, 0.25) is 0 Å². The minimum atomic E-state index is -3.52. The average Bonchev–Trinajstić information content (AvgIpc) is 2.61. The van der Waals surface area contributed by atoms with E-state index in [1.807, 2.05) is 13.8 Å². The van der Waals surface area contributed by atoms with E-state index in [1.54, 1.807) is 12.1 Å². The molecular weight excluding hydrogens is 272 g/mol. The van der Waals surface area contributed by atoms with Crippen LogP contribution in [0.1, 0.15) is 49.7 Å². The summed E-state index contributed by atoms with van der Waals surface area (Å²) in [7, 11) is -3.52. The van der Waals surface area contributed by atoms with Gasteiger partial charge in [-0.05, 0) is 49.9 Å². The van der Waals surface area contributed by atoms with Crippen LogP contribution < -0.4 is 10.5 Å². The highest BCUT2D eigenvalue weighted by molar-refractivity contribution is 7.89. The lowest BCUT2D eigenvalue weighted by molar-refractivity contribution is 0.510. The summed E-state index contributed by atoms with van der Waals surface area (Å²) in [6.45, 7) is 3.83. The molecule has 0 aliphatic heterocycles. The summed E-state index contributed by atoms with van der Waals surface area (Å²) in [5.74, 6) is 0. The van der Waals surface area contributed by atoms with Gasteiger partial charge in [0.15, 0.2) is 0 Å². The highest BCUT2D eigenvalue weighted by Gasteiger charge is 2.23. The minimum absolute atomic E-state index is 0.0449. The molecule has 1 aliphatic carbocycles. The molecule has 0 unspecified atom stereocenters. The molecule has 1 aliphatic rings. The summed E-state index contributed by atoms with van der Waals surface area (Å²) in [5.41, 5.74) is 8.18. The topological polar surface area (TPSA) is 72.2 Å². The van der Waals surface area contributed by atoms with E-state index < -0.39 is 10.0 Å².